The van der Waals surface area contributed by atoms with E-state index in [2.05, 4.69) is 30.1 Å². The molecule has 3 N–H and O–H groups in total. The van der Waals surface area contributed by atoms with Crippen LogP contribution in [0.1, 0.15) is 26.3 Å². The van der Waals surface area contributed by atoms with Gasteiger partial charge in [0.05, 0.1) is 6.54 Å². The number of likely N-dealkylation sites (N-methyl/N-ethyl adjacent to an activating group) is 2. The molecule has 0 spiro atoms. The number of nitrogens with zero attached hydrogens (tertiary/aromatic N) is 1. The van der Waals surface area contributed by atoms with E-state index in [1.807, 2.05) is 19.1 Å². The van der Waals surface area contributed by atoms with Crippen molar-refractivity contribution >= 4 is 23.4 Å². The summed E-state index contributed by atoms with van der Waals surface area (Å²) in [6, 6.07) is 6.18. The average Bonchev–Trinajstić information content (AvgIpc) is 2.45. The Bertz CT molecular complexity index is 437. The third-order valence-electron chi connectivity index (χ3n) is 3.04. The molecule has 0 aliphatic carbocycles. The van der Waals surface area contributed by atoms with E-state index in [1.165, 1.54) is 4.90 Å². The number of thioether (sulfide) groups is 1. The summed E-state index contributed by atoms with van der Waals surface area (Å²) < 4.78 is 0. The maximum absolute atomic E-state index is 11.8. The van der Waals surface area contributed by atoms with E-state index in [4.69, 9.17) is 5.73 Å². The molecule has 1 amide bonds. The normalized spacial score (nSPS) is 10.4. The summed E-state index contributed by atoms with van der Waals surface area (Å²) in [5, 5.41) is 2.84. The molecular weight excluding hydrogens is 270 g/mol. The Morgan fingerprint density at radius 1 is 1.35 bits per heavy atom. The van der Waals surface area contributed by atoms with Crippen LogP contribution in [0.15, 0.2) is 23.1 Å². The third-order valence-corrected chi connectivity index (χ3v) is 4.03. The second-order valence-electron chi connectivity index (χ2n) is 4.36. The number of carbonyl (C=O) groups is 1. The Labute approximate surface area is 126 Å². The molecule has 5 heteroatoms. The molecule has 1 aromatic carbocycles. The highest BCUT2D eigenvalue weighted by molar-refractivity contribution is 7.99. The average molecular weight is 295 g/mol. The van der Waals surface area contributed by atoms with Crippen LogP contribution >= 0.6 is 11.8 Å². The number of rotatable bonds is 8. The van der Waals surface area contributed by atoms with Crippen LogP contribution in [0.5, 0.6) is 0 Å². The fourth-order valence-electron chi connectivity index (χ4n) is 2.14. The molecule has 112 valence electrons. The number of benzene rings is 1. The molecule has 0 radical (unpaired) electrons. The first kappa shape index (κ1) is 16.9. The molecule has 0 unspecified atom stereocenters. The molecule has 4 nitrogen and oxygen atoms in total. The minimum Gasteiger partial charge on any atom is -0.362 e. The van der Waals surface area contributed by atoms with Crippen molar-refractivity contribution in [2.45, 2.75) is 32.2 Å². The monoisotopic (exact) mass is 295 g/mol. The van der Waals surface area contributed by atoms with E-state index < -0.39 is 0 Å². The summed E-state index contributed by atoms with van der Waals surface area (Å²) in [7, 11) is 0. The molecule has 0 saturated heterocycles. The van der Waals surface area contributed by atoms with E-state index in [9.17, 15) is 4.79 Å². The van der Waals surface area contributed by atoms with Crippen molar-refractivity contribution < 1.29 is 4.79 Å². The van der Waals surface area contributed by atoms with Gasteiger partial charge in [-0.25, -0.2) is 0 Å². The molecule has 0 aliphatic rings. The maximum atomic E-state index is 11.8. The lowest BCUT2D eigenvalue weighted by molar-refractivity contribution is -0.119. The zero-order valence-electron chi connectivity index (χ0n) is 12.6. The van der Waals surface area contributed by atoms with E-state index >= 15 is 0 Å². The van der Waals surface area contributed by atoms with Crippen LogP contribution in [0.2, 0.25) is 0 Å². The summed E-state index contributed by atoms with van der Waals surface area (Å²) in [4.78, 5) is 15.1. The van der Waals surface area contributed by atoms with E-state index in [0.29, 0.717) is 19.6 Å². The maximum Gasteiger partial charge on any atom is 0.239 e. The smallest absolute Gasteiger partial charge is 0.239 e. The predicted octanol–water partition coefficient (Wildman–Crippen LogP) is 2.22. The Morgan fingerprint density at radius 2 is 2.10 bits per heavy atom. The van der Waals surface area contributed by atoms with Gasteiger partial charge in [-0.15, -0.1) is 11.8 Å². The van der Waals surface area contributed by atoms with Gasteiger partial charge in [-0.2, -0.15) is 0 Å². The van der Waals surface area contributed by atoms with Crippen molar-refractivity contribution in [3.63, 3.8) is 0 Å². The number of nitrogens with one attached hydrogen (secondary N) is 1. The van der Waals surface area contributed by atoms with Gasteiger partial charge in [0.2, 0.25) is 5.91 Å². The highest BCUT2D eigenvalue weighted by Crippen LogP contribution is 2.30. The summed E-state index contributed by atoms with van der Waals surface area (Å²) >= 11 is 1.79. The van der Waals surface area contributed by atoms with Crippen LogP contribution in [0.3, 0.4) is 0 Å². The highest BCUT2D eigenvalue weighted by Gasteiger charge is 2.15. The zero-order chi connectivity index (χ0) is 15.0. The van der Waals surface area contributed by atoms with E-state index in [-0.39, 0.29) is 5.91 Å². The molecule has 0 fully saturated rings. The first-order valence-electron chi connectivity index (χ1n) is 7.14. The second kappa shape index (κ2) is 8.87. The molecular formula is C15H25N3OS. The second-order valence-corrected chi connectivity index (χ2v) is 5.66. The Kier molecular flexibility index (Phi) is 7.47. The Hall–Kier alpha value is -1.20. The first-order valence-corrected chi connectivity index (χ1v) is 8.12. The van der Waals surface area contributed by atoms with Crippen molar-refractivity contribution in [2.24, 2.45) is 5.73 Å². The van der Waals surface area contributed by atoms with Crippen molar-refractivity contribution in [3.8, 4) is 0 Å². The summed E-state index contributed by atoms with van der Waals surface area (Å²) in [6.07, 6.45) is 0. The number of anilines is 1. The number of amides is 1. The third kappa shape index (κ3) is 4.42. The number of hydrogen-bond donors (Lipinski definition) is 2. The zero-order valence-corrected chi connectivity index (χ0v) is 13.4. The molecule has 1 aromatic rings. The van der Waals surface area contributed by atoms with Crippen molar-refractivity contribution in [1.82, 2.24) is 5.32 Å². The summed E-state index contributed by atoms with van der Waals surface area (Å²) in [5.74, 6) is 1.06. The van der Waals surface area contributed by atoms with Gasteiger partial charge in [-0.3, -0.25) is 4.79 Å². The number of carbonyl (C=O) groups excluding carboxylic acids is 1. The van der Waals surface area contributed by atoms with Crippen LogP contribution in [0.4, 0.5) is 5.69 Å². The molecule has 20 heavy (non-hydrogen) atoms. The highest BCUT2D eigenvalue weighted by atomic mass is 32.2. The minimum absolute atomic E-state index is 0.0471. The van der Waals surface area contributed by atoms with Gasteiger partial charge in [0.15, 0.2) is 0 Å². The standard InChI is InChI=1S/C15H25N3OS/c1-4-17-15(19)11-18(5-2)13-8-7-9-14(20-6-3)12(13)10-16/h7-9H,4-6,10-11,16H2,1-3H3,(H,17,19). The van der Waals surface area contributed by atoms with E-state index in [0.717, 1.165) is 23.5 Å². The quantitative estimate of drug-likeness (QED) is 0.722. The number of hydrogen-bond acceptors (Lipinski definition) is 4. The predicted molar refractivity (Wildman–Crippen MR) is 87.3 cm³/mol. The van der Waals surface area contributed by atoms with Gasteiger partial charge < -0.3 is 16.0 Å². The largest absolute Gasteiger partial charge is 0.362 e. The number of nitrogens with two attached hydrogens (primary N) is 1. The van der Waals surface area contributed by atoms with Gasteiger partial charge in [-0.1, -0.05) is 13.0 Å². The fraction of sp³-hybridized carbons (Fsp3) is 0.533. The molecule has 0 aliphatic heterocycles. The van der Waals surface area contributed by atoms with Gasteiger partial charge in [-0.05, 0) is 31.7 Å². The SMILES string of the molecule is CCNC(=O)CN(CC)c1cccc(SCC)c1CN. The minimum atomic E-state index is 0.0471. The van der Waals surface area contributed by atoms with Gasteiger partial charge in [0, 0.05) is 35.8 Å². The Morgan fingerprint density at radius 3 is 2.65 bits per heavy atom. The fourth-order valence-corrected chi connectivity index (χ4v) is 2.99. The molecule has 1 rings (SSSR count). The van der Waals surface area contributed by atoms with Crippen LogP contribution in [0.25, 0.3) is 0 Å². The first-order chi connectivity index (χ1) is 9.67. The van der Waals surface area contributed by atoms with Gasteiger partial charge >= 0.3 is 0 Å². The van der Waals surface area contributed by atoms with Gasteiger partial charge in [0.1, 0.15) is 0 Å². The van der Waals surface area contributed by atoms with Crippen molar-refractivity contribution in [1.29, 1.82) is 0 Å². The lowest BCUT2D eigenvalue weighted by Gasteiger charge is -2.26. The van der Waals surface area contributed by atoms with Crippen LogP contribution in [0, 0.1) is 0 Å². The van der Waals surface area contributed by atoms with E-state index in [1.54, 1.807) is 11.8 Å². The Balaban J connectivity index is 3.01. The molecule has 0 saturated carbocycles. The topological polar surface area (TPSA) is 58.4 Å². The van der Waals surface area contributed by atoms with Crippen molar-refractivity contribution in [2.75, 3.05) is 30.3 Å². The lowest BCUT2D eigenvalue weighted by atomic mass is 10.1. The van der Waals surface area contributed by atoms with Crippen LogP contribution < -0.4 is 16.0 Å². The van der Waals surface area contributed by atoms with Gasteiger partial charge in [0.25, 0.3) is 0 Å². The molecule has 0 heterocycles. The summed E-state index contributed by atoms with van der Waals surface area (Å²) in [6.45, 7) is 8.42. The lowest BCUT2D eigenvalue weighted by Crippen LogP contribution is -2.37. The van der Waals surface area contributed by atoms with Crippen LogP contribution in [-0.4, -0.2) is 31.3 Å². The van der Waals surface area contributed by atoms with Crippen molar-refractivity contribution in [3.05, 3.63) is 23.8 Å². The molecule has 0 bridgehead atoms. The molecule has 0 aromatic heterocycles. The van der Waals surface area contributed by atoms with Crippen LogP contribution in [-0.2, 0) is 11.3 Å². The summed E-state index contributed by atoms with van der Waals surface area (Å²) in [5.41, 5.74) is 8.12. The molecule has 0 atom stereocenters.